The summed E-state index contributed by atoms with van der Waals surface area (Å²) in [7, 11) is 0. The van der Waals surface area contributed by atoms with Gasteiger partial charge in [0.1, 0.15) is 5.82 Å². The molecular weight excluding hydrogens is 187 g/mol. The van der Waals surface area contributed by atoms with Crippen LogP contribution < -0.4 is 11.1 Å². The van der Waals surface area contributed by atoms with Crippen molar-refractivity contribution < 1.29 is 14.0 Å². The van der Waals surface area contributed by atoms with E-state index in [0.29, 0.717) is 11.3 Å². The highest BCUT2D eigenvalue weighted by molar-refractivity contribution is 6.08. The van der Waals surface area contributed by atoms with Crippen molar-refractivity contribution in [3.63, 3.8) is 0 Å². The van der Waals surface area contributed by atoms with Gasteiger partial charge >= 0.3 is 0 Å². The first-order valence-corrected chi connectivity index (χ1v) is 4.00. The summed E-state index contributed by atoms with van der Waals surface area (Å²) in [6.45, 7) is 0. The average Bonchev–Trinajstić information content (AvgIpc) is 2.42. The van der Waals surface area contributed by atoms with Gasteiger partial charge in [-0.25, -0.2) is 4.39 Å². The van der Waals surface area contributed by atoms with Crippen LogP contribution >= 0.6 is 0 Å². The molecule has 0 fully saturated rings. The molecule has 0 unspecified atom stereocenters. The van der Waals surface area contributed by atoms with Crippen LogP contribution in [0.2, 0.25) is 0 Å². The van der Waals surface area contributed by atoms with E-state index in [0.717, 1.165) is 6.07 Å². The molecule has 5 heteroatoms. The molecule has 0 saturated carbocycles. The zero-order chi connectivity index (χ0) is 10.3. The van der Waals surface area contributed by atoms with Crippen LogP contribution in [0.1, 0.15) is 15.9 Å². The van der Waals surface area contributed by atoms with E-state index >= 15 is 0 Å². The van der Waals surface area contributed by atoms with Crippen molar-refractivity contribution in [3.05, 3.63) is 29.1 Å². The van der Waals surface area contributed by atoms with Crippen molar-refractivity contribution in [2.24, 2.45) is 5.73 Å². The number of nitrogens with two attached hydrogens (primary N) is 1. The van der Waals surface area contributed by atoms with Crippen molar-refractivity contribution in [1.82, 2.24) is 0 Å². The summed E-state index contributed by atoms with van der Waals surface area (Å²) in [6, 6.07) is 2.24. The van der Waals surface area contributed by atoms with Crippen LogP contribution in [0.4, 0.5) is 10.1 Å². The van der Waals surface area contributed by atoms with E-state index in [-0.39, 0.29) is 17.9 Å². The van der Waals surface area contributed by atoms with Gasteiger partial charge in [0.05, 0.1) is 17.7 Å². The molecule has 2 amide bonds. The molecule has 1 aliphatic rings. The molecule has 1 heterocycles. The highest BCUT2D eigenvalue weighted by Gasteiger charge is 2.23. The number of amides is 2. The Labute approximate surface area is 78.9 Å². The predicted octanol–water partition coefficient (Wildman–Crippen LogP) is 0.419. The van der Waals surface area contributed by atoms with Gasteiger partial charge in [0, 0.05) is 0 Å². The molecule has 0 radical (unpaired) electrons. The summed E-state index contributed by atoms with van der Waals surface area (Å²) in [5.74, 6) is -1.56. The van der Waals surface area contributed by atoms with E-state index in [9.17, 15) is 14.0 Å². The zero-order valence-electron chi connectivity index (χ0n) is 7.13. The average molecular weight is 194 g/mol. The van der Waals surface area contributed by atoms with Gasteiger partial charge in [-0.15, -0.1) is 0 Å². The van der Waals surface area contributed by atoms with E-state index in [1.807, 2.05) is 0 Å². The van der Waals surface area contributed by atoms with Crippen LogP contribution in [-0.2, 0) is 11.2 Å². The second-order valence-electron chi connectivity index (χ2n) is 3.08. The first-order valence-electron chi connectivity index (χ1n) is 4.00. The maximum atomic E-state index is 13.0. The third-order valence-electron chi connectivity index (χ3n) is 2.07. The molecule has 0 aromatic heterocycles. The minimum absolute atomic E-state index is 0.0193. The fourth-order valence-electron chi connectivity index (χ4n) is 1.50. The Kier molecular flexibility index (Phi) is 1.73. The molecule has 3 N–H and O–H groups in total. The number of anilines is 1. The minimum Gasteiger partial charge on any atom is -0.366 e. The van der Waals surface area contributed by atoms with Gasteiger partial charge in [-0.3, -0.25) is 9.59 Å². The van der Waals surface area contributed by atoms with Gasteiger partial charge < -0.3 is 11.1 Å². The molecule has 0 bridgehead atoms. The maximum Gasteiger partial charge on any atom is 0.250 e. The van der Waals surface area contributed by atoms with E-state index in [4.69, 9.17) is 5.73 Å². The van der Waals surface area contributed by atoms with Gasteiger partial charge in [0.15, 0.2) is 0 Å². The smallest absolute Gasteiger partial charge is 0.250 e. The fourth-order valence-corrected chi connectivity index (χ4v) is 1.50. The van der Waals surface area contributed by atoms with E-state index in [2.05, 4.69) is 5.32 Å². The summed E-state index contributed by atoms with van der Waals surface area (Å²) in [4.78, 5) is 21.9. The number of rotatable bonds is 1. The van der Waals surface area contributed by atoms with Crippen molar-refractivity contribution in [1.29, 1.82) is 0 Å². The van der Waals surface area contributed by atoms with E-state index in [1.165, 1.54) is 6.07 Å². The topological polar surface area (TPSA) is 72.2 Å². The third kappa shape index (κ3) is 1.22. The van der Waals surface area contributed by atoms with Crippen molar-refractivity contribution in [2.75, 3.05) is 5.32 Å². The van der Waals surface area contributed by atoms with Crippen LogP contribution in [0.5, 0.6) is 0 Å². The van der Waals surface area contributed by atoms with Gasteiger partial charge in [-0.05, 0) is 17.7 Å². The molecule has 0 saturated heterocycles. The maximum absolute atomic E-state index is 13.0. The lowest BCUT2D eigenvalue weighted by molar-refractivity contribution is -0.115. The number of fused-ring (bicyclic) bond motifs is 1. The van der Waals surface area contributed by atoms with Crippen LogP contribution in [0, 0.1) is 5.82 Å². The zero-order valence-corrected chi connectivity index (χ0v) is 7.13. The number of carbonyl (C=O) groups excluding carboxylic acids is 2. The summed E-state index contributed by atoms with van der Waals surface area (Å²) >= 11 is 0. The number of primary amides is 1. The lowest BCUT2D eigenvalue weighted by atomic mass is 10.1. The van der Waals surface area contributed by atoms with Gasteiger partial charge in [-0.2, -0.15) is 0 Å². The second kappa shape index (κ2) is 2.80. The van der Waals surface area contributed by atoms with Crippen molar-refractivity contribution in [3.8, 4) is 0 Å². The molecule has 1 aromatic rings. The Morgan fingerprint density at radius 1 is 1.50 bits per heavy atom. The molecule has 1 aromatic carbocycles. The predicted molar refractivity (Wildman–Crippen MR) is 47.3 cm³/mol. The molecule has 0 spiro atoms. The standard InChI is InChI=1S/C9H7FN2O2/c10-5-1-4-2-7(13)12-8(4)6(3-5)9(11)14/h1,3H,2H2,(H2,11,14)(H,12,13). The highest BCUT2D eigenvalue weighted by Crippen LogP contribution is 2.27. The molecule has 1 aliphatic heterocycles. The van der Waals surface area contributed by atoms with Gasteiger partial charge in [-0.1, -0.05) is 0 Å². The number of carbonyl (C=O) groups is 2. The first kappa shape index (κ1) is 8.68. The summed E-state index contributed by atoms with van der Waals surface area (Å²) in [6.07, 6.45) is 0.0906. The van der Waals surface area contributed by atoms with Crippen LogP contribution in [0.3, 0.4) is 0 Å². The molecule has 14 heavy (non-hydrogen) atoms. The number of nitrogens with one attached hydrogen (secondary N) is 1. The number of halogens is 1. The summed E-state index contributed by atoms with van der Waals surface area (Å²) in [5.41, 5.74) is 5.88. The largest absolute Gasteiger partial charge is 0.366 e. The second-order valence-corrected chi connectivity index (χ2v) is 3.08. The van der Waals surface area contributed by atoms with Crippen LogP contribution in [0.25, 0.3) is 0 Å². The molecule has 4 nitrogen and oxygen atoms in total. The summed E-state index contributed by atoms with van der Waals surface area (Å²) in [5, 5.41) is 2.47. The van der Waals surface area contributed by atoms with Crippen molar-refractivity contribution >= 4 is 17.5 Å². The minimum atomic E-state index is -0.747. The van der Waals surface area contributed by atoms with Crippen LogP contribution in [-0.4, -0.2) is 11.8 Å². The Morgan fingerprint density at radius 3 is 2.86 bits per heavy atom. The monoisotopic (exact) mass is 194 g/mol. The van der Waals surface area contributed by atoms with Gasteiger partial charge in [0.2, 0.25) is 5.91 Å². The van der Waals surface area contributed by atoms with E-state index < -0.39 is 11.7 Å². The molecule has 72 valence electrons. The quantitative estimate of drug-likeness (QED) is 0.680. The summed E-state index contributed by atoms with van der Waals surface area (Å²) < 4.78 is 13.0. The molecule has 0 aliphatic carbocycles. The van der Waals surface area contributed by atoms with Gasteiger partial charge in [0.25, 0.3) is 5.91 Å². The Balaban J connectivity index is 2.63. The number of hydrogen-bond donors (Lipinski definition) is 2. The lowest BCUT2D eigenvalue weighted by Gasteiger charge is -2.04. The Hall–Kier alpha value is -1.91. The highest BCUT2D eigenvalue weighted by atomic mass is 19.1. The lowest BCUT2D eigenvalue weighted by Crippen LogP contribution is -2.14. The number of hydrogen-bond acceptors (Lipinski definition) is 2. The molecule has 0 atom stereocenters. The Bertz CT molecular complexity index is 443. The fraction of sp³-hybridized carbons (Fsp3) is 0.111. The van der Waals surface area contributed by atoms with Crippen molar-refractivity contribution in [2.45, 2.75) is 6.42 Å². The number of benzene rings is 1. The molecule has 2 rings (SSSR count). The Morgan fingerprint density at radius 2 is 2.21 bits per heavy atom. The van der Waals surface area contributed by atoms with Crippen LogP contribution in [0.15, 0.2) is 12.1 Å². The third-order valence-corrected chi connectivity index (χ3v) is 2.07. The van der Waals surface area contributed by atoms with E-state index in [1.54, 1.807) is 0 Å². The molecular formula is C9H7FN2O2. The normalized spacial score (nSPS) is 13.6. The first-order chi connectivity index (χ1) is 6.58. The SMILES string of the molecule is NC(=O)c1cc(F)cc2c1NC(=O)C2.